The van der Waals surface area contributed by atoms with E-state index < -0.39 is 16.5 Å². The largest absolute Gasteiger partial charge is 0.508 e. The van der Waals surface area contributed by atoms with Gasteiger partial charge in [0.1, 0.15) is 11.3 Å². The van der Waals surface area contributed by atoms with Crippen LogP contribution in [0.1, 0.15) is 16.1 Å². The minimum absolute atomic E-state index is 0.0696. The number of carbonyl (C=O) groups is 1. The van der Waals surface area contributed by atoms with Gasteiger partial charge in [0.15, 0.2) is 0 Å². The Labute approximate surface area is 106 Å². The Bertz CT molecular complexity index is 650. The van der Waals surface area contributed by atoms with E-state index in [0.717, 1.165) is 18.2 Å². The molecule has 1 amide bonds. The van der Waals surface area contributed by atoms with E-state index in [1.54, 1.807) is 6.92 Å². The number of aromatic hydroxyl groups is 1. The van der Waals surface area contributed by atoms with E-state index in [2.05, 4.69) is 10.5 Å². The summed E-state index contributed by atoms with van der Waals surface area (Å²) in [6.07, 6.45) is 0. The molecule has 19 heavy (non-hydrogen) atoms. The first kappa shape index (κ1) is 12.6. The highest BCUT2D eigenvalue weighted by molar-refractivity contribution is 6.06. The highest BCUT2D eigenvalue weighted by Crippen LogP contribution is 2.24. The number of nitrogens with one attached hydrogen (secondary N) is 1. The van der Waals surface area contributed by atoms with Gasteiger partial charge in [-0.05, 0) is 19.1 Å². The minimum Gasteiger partial charge on any atom is -0.508 e. The van der Waals surface area contributed by atoms with Crippen LogP contribution in [0.2, 0.25) is 0 Å². The van der Waals surface area contributed by atoms with Crippen molar-refractivity contribution in [2.24, 2.45) is 0 Å². The second-order valence-electron chi connectivity index (χ2n) is 3.75. The summed E-state index contributed by atoms with van der Waals surface area (Å²) in [5.41, 5.74) is -0.119. The number of amides is 1. The Balaban J connectivity index is 2.32. The van der Waals surface area contributed by atoms with E-state index in [-0.39, 0.29) is 17.2 Å². The van der Waals surface area contributed by atoms with Crippen LogP contribution in [0.4, 0.5) is 11.6 Å². The first-order valence-electron chi connectivity index (χ1n) is 5.19. The maximum Gasteiger partial charge on any atom is 0.282 e. The fourth-order valence-electron chi connectivity index (χ4n) is 1.47. The Morgan fingerprint density at radius 1 is 1.47 bits per heavy atom. The number of anilines is 1. The van der Waals surface area contributed by atoms with Crippen molar-refractivity contribution in [1.82, 2.24) is 5.16 Å². The highest BCUT2D eigenvalue weighted by atomic mass is 16.6. The van der Waals surface area contributed by atoms with Gasteiger partial charge in [-0.2, -0.15) is 0 Å². The normalized spacial score (nSPS) is 10.2. The van der Waals surface area contributed by atoms with E-state index in [0.29, 0.717) is 5.69 Å². The van der Waals surface area contributed by atoms with Gasteiger partial charge in [0, 0.05) is 12.1 Å². The molecule has 2 rings (SSSR count). The van der Waals surface area contributed by atoms with Crippen molar-refractivity contribution in [1.29, 1.82) is 0 Å². The molecular weight excluding hydrogens is 254 g/mol. The molecule has 2 aromatic rings. The molecule has 1 aromatic carbocycles. The second kappa shape index (κ2) is 4.77. The first-order chi connectivity index (χ1) is 8.97. The lowest BCUT2D eigenvalue weighted by atomic mass is 10.1. The number of rotatable bonds is 3. The summed E-state index contributed by atoms with van der Waals surface area (Å²) in [7, 11) is 0. The molecule has 0 atom stereocenters. The van der Waals surface area contributed by atoms with Crippen LogP contribution >= 0.6 is 0 Å². The maximum atomic E-state index is 11.9. The summed E-state index contributed by atoms with van der Waals surface area (Å²) >= 11 is 0. The van der Waals surface area contributed by atoms with E-state index in [4.69, 9.17) is 4.52 Å². The molecule has 0 saturated heterocycles. The third-order valence-electron chi connectivity index (χ3n) is 2.29. The van der Waals surface area contributed by atoms with Crippen LogP contribution in [0.5, 0.6) is 5.75 Å². The number of aromatic nitrogens is 1. The lowest BCUT2D eigenvalue weighted by Gasteiger charge is -2.03. The van der Waals surface area contributed by atoms with Gasteiger partial charge in [0.05, 0.1) is 10.6 Å². The van der Waals surface area contributed by atoms with Gasteiger partial charge in [-0.1, -0.05) is 5.16 Å². The zero-order valence-electron chi connectivity index (χ0n) is 9.78. The first-order valence-corrected chi connectivity index (χ1v) is 5.19. The molecular formula is C11H9N3O5. The quantitative estimate of drug-likeness (QED) is 0.644. The van der Waals surface area contributed by atoms with Crippen LogP contribution in [0.25, 0.3) is 0 Å². The summed E-state index contributed by atoms with van der Waals surface area (Å²) in [5.74, 6) is -0.941. The predicted molar refractivity (Wildman–Crippen MR) is 64.0 cm³/mol. The molecule has 0 aliphatic rings. The number of aryl methyl sites for hydroxylation is 1. The van der Waals surface area contributed by atoms with Crippen molar-refractivity contribution in [2.45, 2.75) is 6.92 Å². The Morgan fingerprint density at radius 2 is 2.21 bits per heavy atom. The maximum absolute atomic E-state index is 11.9. The van der Waals surface area contributed by atoms with Crippen LogP contribution in [0, 0.1) is 17.0 Å². The molecule has 0 unspecified atom stereocenters. The number of nitro groups is 1. The Kier molecular flexibility index (Phi) is 3.15. The van der Waals surface area contributed by atoms with Gasteiger partial charge in [-0.15, -0.1) is 0 Å². The summed E-state index contributed by atoms with van der Waals surface area (Å²) in [4.78, 5) is 22.0. The number of hydrogen-bond donors (Lipinski definition) is 2. The van der Waals surface area contributed by atoms with Gasteiger partial charge >= 0.3 is 0 Å². The number of nitrogens with zero attached hydrogens (tertiary/aromatic N) is 2. The van der Waals surface area contributed by atoms with Crippen molar-refractivity contribution in [3.05, 3.63) is 45.6 Å². The molecule has 0 aliphatic heterocycles. The predicted octanol–water partition coefficient (Wildman–Crippen LogP) is 1.85. The zero-order valence-corrected chi connectivity index (χ0v) is 9.78. The van der Waals surface area contributed by atoms with Crippen LogP contribution < -0.4 is 5.32 Å². The highest BCUT2D eigenvalue weighted by Gasteiger charge is 2.21. The topological polar surface area (TPSA) is 118 Å². The number of carbonyl (C=O) groups excluding carboxylic acids is 1. The molecule has 1 heterocycles. The minimum atomic E-state index is -0.765. The lowest BCUT2D eigenvalue weighted by Crippen LogP contribution is -2.13. The Hall–Kier alpha value is -2.90. The molecule has 0 fully saturated rings. The van der Waals surface area contributed by atoms with Crippen LogP contribution in [0.15, 0.2) is 28.8 Å². The molecule has 1 aromatic heterocycles. The van der Waals surface area contributed by atoms with E-state index >= 15 is 0 Å². The average Bonchev–Trinajstić information content (AvgIpc) is 2.74. The van der Waals surface area contributed by atoms with Crippen molar-refractivity contribution in [3.8, 4) is 5.75 Å². The molecule has 8 nitrogen and oxygen atoms in total. The molecule has 0 saturated carbocycles. The molecule has 2 N–H and O–H groups in total. The van der Waals surface area contributed by atoms with E-state index in [1.807, 2.05) is 0 Å². The smallest absolute Gasteiger partial charge is 0.282 e. The van der Waals surface area contributed by atoms with Crippen molar-refractivity contribution >= 4 is 17.5 Å². The van der Waals surface area contributed by atoms with E-state index in [1.165, 1.54) is 6.07 Å². The van der Waals surface area contributed by atoms with Gasteiger partial charge in [-0.3, -0.25) is 20.2 Å². The lowest BCUT2D eigenvalue weighted by molar-refractivity contribution is -0.385. The van der Waals surface area contributed by atoms with E-state index in [9.17, 15) is 20.0 Å². The number of hydrogen-bond acceptors (Lipinski definition) is 6. The fraction of sp³-hybridized carbons (Fsp3) is 0.0909. The summed E-state index contributed by atoms with van der Waals surface area (Å²) in [6, 6.07) is 4.66. The van der Waals surface area contributed by atoms with Gasteiger partial charge in [0.2, 0.25) is 5.88 Å². The van der Waals surface area contributed by atoms with Crippen LogP contribution in [-0.2, 0) is 0 Å². The molecule has 0 aliphatic carbocycles. The summed E-state index contributed by atoms with van der Waals surface area (Å²) < 4.78 is 4.77. The van der Waals surface area contributed by atoms with Crippen LogP contribution in [-0.4, -0.2) is 21.1 Å². The zero-order chi connectivity index (χ0) is 14.0. The third-order valence-corrected chi connectivity index (χ3v) is 2.29. The summed E-state index contributed by atoms with van der Waals surface area (Å²) in [5, 5.41) is 26.0. The number of phenolic OH excluding ortho intramolecular Hbond substituents is 1. The van der Waals surface area contributed by atoms with Crippen molar-refractivity contribution in [2.75, 3.05) is 5.32 Å². The van der Waals surface area contributed by atoms with Crippen molar-refractivity contribution < 1.29 is 19.3 Å². The Morgan fingerprint density at radius 3 is 2.79 bits per heavy atom. The molecule has 98 valence electrons. The average molecular weight is 263 g/mol. The second-order valence-corrected chi connectivity index (χ2v) is 3.75. The number of phenols is 1. The monoisotopic (exact) mass is 263 g/mol. The third kappa shape index (κ3) is 2.68. The summed E-state index contributed by atoms with van der Waals surface area (Å²) in [6.45, 7) is 1.66. The van der Waals surface area contributed by atoms with Gasteiger partial charge in [-0.25, -0.2) is 0 Å². The number of nitro benzene ring substituents is 1. The fourth-order valence-corrected chi connectivity index (χ4v) is 1.47. The number of benzene rings is 1. The molecule has 0 radical (unpaired) electrons. The standard InChI is InChI=1S/C11H9N3O5/c1-6-4-10(19-13-6)12-11(16)8-5-7(15)2-3-9(8)14(17)18/h2-5,15H,1H3,(H,12,16). The van der Waals surface area contributed by atoms with Crippen molar-refractivity contribution in [3.63, 3.8) is 0 Å². The molecule has 0 spiro atoms. The van der Waals surface area contributed by atoms with Crippen LogP contribution in [0.3, 0.4) is 0 Å². The SMILES string of the molecule is Cc1cc(NC(=O)c2cc(O)ccc2[N+](=O)[O-])on1. The molecule has 8 heteroatoms. The van der Waals surface area contributed by atoms with Gasteiger partial charge < -0.3 is 9.63 Å². The van der Waals surface area contributed by atoms with Gasteiger partial charge in [0.25, 0.3) is 11.6 Å². The molecule has 0 bridgehead atoms.